The molecule has 0 aromatic heterocycles. The van der Waals surface area contributed by atoms with E-state index in [-0.39, 0.29) is 18.6 Å². The van der Waals surface area contributed by atoms with Gasteiger partial charge < -0.3 is 15.8 Å². The highest BCUT2D eigenvalue weighted by Crippen LogP contribution is 2.23. The predicted octanol–water partition coefficient (Wildman–Crippen LogP) is 2.26. The molecule has 1 aliphatic rings. The number of nitrogens with two attached hydrogens (primary N) is 1. The van der Waals surface area contributed by atoms with E-state index in [9.17, 15) is 4.79 Å². The third-order valence-electron chi connectivity index (χ3n) is 4.26. The summed E-state index contributed by atoms with van der Waals surface area (Å²) in [4.78, 5) is 12.0. The summed E-state index contributed by atoms with van der Waals surface area (Å²) >= 11 is 0. The Hall–Kier alpha value is -1.55. The van der Waals surface area contributed by atoms with Crippen molar-refractivity contribution < 1.29 is 9.53 Å². The van der Waals surface area contributed by atoms with Gasteiger partial charge in [0.05, 0.1) is 0 Å². The first-order valence-corrected chi connectivity index (χ1v) is 7.94. The van der Waals surface area contributed by atoms with E-state index < -0.39 is 0 Å². The SMILES string of the molecule is CCc1ccc(OCC(=O)NC2CCCCC2CN)cc1. The Morgan fingerprint density at radius 2 is 2.00 bits per heavy atom. The Morgan fingerprint density at radius 3 is 2.67 bits per heavy atom. The number of hydrogen-bond acceptors (Lipinski definition) is 3. The minimum absolute atomic E-state index is 0.0556. The van der Waals surface area contributed by atoms with Crippen molar-refractivity contribution in [3.63, 3.8) is 0 Å². The molecule has 0 spiro atoms. The average molecular weight is 290 g/mol. The molecule has 2 atom stereocenters. The van der Waals surface area contributed by atoms with E-state index in [1.165, 1.54) is 18.4 Å². The molecule has 1 aromatic carbocycles. The van der Waals surface area contributed by atoms with Crippen LogP contribution in [0, 0.1) is 5.92 Å². The third-order valence-corrected chi connectivity index (χ3v) is 4.26. The highest BCUT2D eigenvalue weighted by Gasteiger charge is 2.25. The molecule has 4 heteroatoms. The van der Waals surface area contributed by atoms with Gasteiger partial charge in [0.2, 0.25) is 0 Å². The number of nitrogens with one attached hydrogen (secondary N) is 1. The van der Waals surface area contributed by atoms with Crippen LogP contribution in [0.2, 0.25) is 0 Å². The second kappa shape index (κ2) is 8.03. The van der Waals surface area contributed by atoms with Crippen molar-refractivity contribution in [3.05, 3.63) is 29.8 Å². The quantitative estimate of drug-likeness (QED) is 0.844. The molecule has 1 aromatic rings. The fourth-order valence-corrected chi connectivity index (χ4v) is 2.90. The van der Waals surface area contributed by atoms with Gasteiger partial charge in [-0.1, -0.05) is 31.9 Å². The maximum Gasteiger partial charge on any atom is 0.258 e. The number of aryl methyl sites for hydroxylation is 1. The van der Waals surface area contributed by atoms with E-state index in [1.54, 1.807) is 0 Å². The largest absolute Gasteiger partial charge is 0.484 e. The van der Waals surface area contributed by atoms with Crippen LogP contribution in [-0.2, 0) is 11.2 Å². The summed E-state index contributed by atoms with van der Waals surface area (Å²) in [5.74, 6) is 1.09. The smallest absolute Gasteiger partial charge is 0.258 e. The van der Waals surface area contributed by atoms with Crippen LogP contribution in [0.1, 0.15) is 38.2 Å². The predicted molar refractivity (Wildman–Crippen MR) is 84.3 cm³/mol. The molecule has 0 heterocycles. The molecule has 3 N–H and O–H groups in total. The van der Waals surface area contributed by atoms with Crippen molar-refractivity contribution in [3.8, 4) is 5.75 Å². The summed E-state index contributed by atoms with van der Waals surface area (Å²) < 4.78 is 5.53. The number of hydrogen-bond donors (Lipinski definition) is 2. The van der Waals surface area contributed by atoms with Gasteiger partial charge in [-0.2, -0.15) is 0 Å². The molecule has 0 bridgehead atoms. The molecule has 2 rings (SSSR count). The Bertz CT molecular complexity index is 445. The molecule has 1 aliphatic carbocycles. The van der Waals surface area contributed by atoms with Gasteiger partial charge in [-0.15, -0.1) is 0 Å². The Morgan fingerprint density at radius 1 is 1.29 bits per heavy atom. The molecule has 1 saturated carbocycles. The van der Waals surface area contributed by atoms with Crippen LogP contribution in [-0.4, -0.2) is 25.1 Å². The van der Waals surface area contributed by atoms with Gasteiger partial charge >= 0.3 is 0 Å². The fraction of sp³-hybridized carbons (Fsp3) is 0.588. The molecule has 4 nitrogen and oxygen atoms in total. The summed E-state index contributed by atoms with van der Waals surface area (Å²) in [7, 11) is 0. The molecular formula is C17H26N2O2. The topological polar surface area (TPSA) is 64.3 Å². The summed E-state index contributed by atoms with van der Waals surface area (Å²) in [5, 5.41) is 3.07. The first-order valence-electron chi connectivity index (χ1n) is 7.94. The van der Waals surface area contributed by atoms with Crippen molar-refractivity contribution in [2.45, 2.75) is 45.1 Å². The summed E-state index contributed by atoms with van der Waals surface area (Å²) in [6, 6.07) is 8.09. The van der Waals surface area contributed by atoms with Gasteiger partial charge in [0.1, 0.15) is 5.75 Å². The highest BCUT2D eigenvalue weighted by molar-refractivity contribution is 5.77. The second-order valence-electron chi connectivity index (χ2n) is 5.74. The lowest BCUT2D eigenvalue weighted by Crippen LogP contribution is -2.46. The molecule has 0 saturated heterocycles. The first-order chi connectivity index (χ1) is 10.2. The zero-order valence-corrected chi connectivity index (χ0v) is 12.8. The zero-order valence-electron chi connectivity index (χ0n) is 12.8. The number of benzene rings is 1. The van der Waals surface area contributed by atoms with E-state index in [0.29, 0.717) is 12.5 Å². The van der Waals surface area contributed by atoms with Gasteiger partial charge in [0.25, 0.3) is 5.91 Å². The zero-order chi connectivity index (χ0) is 15.1. The normalized spacial score (nSPS) is 21.8. The second-order valence-corrected chi connectivity index (χ2v) is 5.74. The molecule has 21 heavy (non-hydrogen) atoms. The van der Waals surface area contributed by atoms with Gasteiger partial charge in [0.15, 0.2) is 6.61 Å². The van der Waals surface area contributed by atoms with E-state index in [4.69, 9.17) is 10.5 Å². The van der Waals surface area contributed by atoms with Crippen molar-refractivity contribution >= 4 is 5.91 Å². The van der Waals surface area contributed by atoms with Crippen molar-refractivity contribution in [1.29, 1.82) is 0 Å². The number of rotatable bonds is 6. The Kier molecular flexibility index (Phi) is 6.05. The van der Waals surface area contributed by atoms with E-state index >= 15 is 0 Å². The van der Waals surface area contributed by atoms with Crippen LogP contribution < -0.4 is 15.8 Å². The van der Waals surface area contributed by atoms with E-state index in [1.807, 2.05) is 24.3 Å². The average Bonchev–Trinajstić information content (AvgIpc) is 2.54. The van der Waals surface area contributed by atoms with E-state index in [0.717, 1.165) is 25.0 Å². The summed E-state index contributed by atoms with van der Waals surface area (Å²) in [6.07, 6.45) is 5.53. The molecule has 0 aliphatic heterocycles. The van der Waals surface area contributed by atoms with Gasteiger partial charge in [-0.3, -0.25) is 4.79 Å². The van der Waals surface area contributed by atoms with Crippen LogP contribution in [0.3, 0.4) is 0 Å². The minimum Gasteiger partial charge on any atom is -0.484 e. The number of amides is 1. The number of carbonyl (C=O) groups excluding carboxylic acids is 1. The van der Waals surface area contributed by atoms with Gasteiger partial charge in [-0.05, 0) is 49.4 Å². The summed E-state index contributed by atoms with van der Waals surface area (Å²) in [5.41, 5.74) is 7.04. The van der Waals surface area contributed by atoms with Crippen LogP contribution in [0.4, 0.5) is 0 Å². The Labute approximate surface area is 127 Å². The van der Waals surface area contributed by atoms with Crippen molar-refractivity contribution in [2.75, 3.05) is 13.2 Å². The fourth-order valence-electron chi connectivity index (χ4n) is 2.90. The lowest BCUT2D eigenvalue weighted by molar-refractivity contribution is -0.124. The van der Waals surface area contributed by atoms with Crippen LogP contribution in [0.15, 0.2) is 24.3 Å². The molecule has 0 radical (unpaired) electrons. The lowest BCUT2D eigenvalue weighted by atomic mass is 9.84. The van der Waals surface area contributed by atoms with Crippen molar-refractivity contribution in [1.82, 2.24) is 5.32 Å². The molecular weight excluding hydrogens is 264 g/mol. The lowest BCUT2D eigenvalue weighted by Gasteiger charge is -2.31. The number of ether oxygens (including phenoxy) is 1. The van der Waals surface area contributed by atoms with Gasteiger partial charge in [0, 0.05) is 6.04 Å². The maximum atomic E-state index is 12.0. The molecule has 116 valence electrons. The molecule has 1 fully saturated rings. The maximum absolute atomic E-state index is 12.0. The van der Waals surface area contributed by atoms with Crippen LogP contribution in [0.25, 0.3) is 0 Å². The standard InChI is InChI=1S/C17H26N2O2/c1-2-13-7-9-15(10-8-13)21-12-17(20)19-16-6-4-3-5-14(16)11-18/h7-10,14,16H,2-6,11-12,18H2,1H3,(H,19,20). The number of carbonyl (C=O) groups is 1. The molecule has 1 amide bonds. The van der Waals surface area contributed by atoms with Crippen LogP contribution >= 0.6 is 0 Å². The monoisotopic (exact) mass is 290 g/mol. The third kappa shape index (κ3) is 4.74. The first kappa shape index (κ1) is 15.8. The van der Waals surface area contributed by atoms with Crippen molar-refractivity contribution in [2.24, 2.45) is 11.7 Å². The van der Waals surface area contributed by atoms with Crippen LogP contribution in [0.5, 0.6) is 5.75 Å². The highest BCUT2D eigenvalue weighted by atomic mass is 16.5. The van der Waals surface area contributed by atoms with E-state index in [2.05, 4.69) is 12.2 Å². The molecule has 2 unspecified atom stereocenters. The van der Waals surface area contributed by atoms with Gasteiger partial charge in [-0.25, -0.2) is 0 Å². The summed E-state index contributed by atoms with van der Waals surface area (Å²) in [6.45, 7) is 2.82. The Balaban J connectivity index is 1.78. The minimum atomic E-state index is -0.0556.